The van der Waals surface area contributed by atoms with Crippen molar-refractivity contribution >= 4 is 33.0 Å². The van der Waals surface area contributed by atoms with E-state index in [0.717, 1.165) is 46.3 Å². The molecular formula is C28H31N3O6S. The predicted molar refractivity (Wildman–Crippen MR) is 142 cm³/mol. The number of benzene rings is 1. The Balaban J connectivity index is 1.60. The molecule has 2 atom stereocenters. The molecule has 1 saturated carbocycles. The highest BCUT2D eigenvalue weighted by Crippen LogP contribution is 2.55. The molecule has 1 unspecified atom stereocenters. The van der Waals surface area contributed by atoms with E-state index in [-0.39, 0.29) is 11.9 Å². The maximum absolute atomic E-state index is 13.0. The molecule has 38 heavy (non-hydrogen) atoms. The highest BCUT2D eigenvalue weighted by Gasteiger charge is 2.47. The Morgan fingerprint density at radius 2 is 1.89 bits per heavy atom. The van der Waals surface area contributed by atoms with Crippen molar-refractivity contribution < 1.29 is 27.5 Å². The summed E-state index contributed by atoms with van der Waals surface area (Å²) in [4.78, 5) is 26.0. The summed E-state index contributed by atoms with van der Waals surface area (Å²) in [5.41, 5.74) is 5.87. The average molecular weight is 538 g/mol. The number of allylic oxidation sites excluding steroid dienone is 4. The summed E-state index contributed by atoms with van der Waals surface area (Å²) >= 11 is 0. The van der Waals surface area contributed by atoms with Gasteiger partial charge in [-0.3, -0.25) is 9.59 Å². The van der Waals surface area contributed by atoms with Gasteiger partial charge in [-0.05, 0) is 59.6 Å². The molecule has 0 radical (unpaired) electrons. The molecule has 0 saturated heterocycles. The van der Waals surface area contributed by atoms with Crippen LogP contribution in [0.25, 0.3) is 10.9 Å². The van der Waals surface area contributed by atoms with E-state index in [0.29, 0.717) is 30.0 Å². The summed E-state index contributed by atoms with van der Waals surface area (Å²) < 4.78 is 38.4. The van der Waals surface area contributed by atoms with E-state index in [1.165, 1.54) is 31.9 Å². The van der Waals surface area contributed by atoms with Gasteiger partial charge in [0, 0.05) is 23.5 Å². The summed E-state index contributed by atoms with van der Waals surface area (Å²) in [5.74, 6) is -0.759. The van der Waals surface area contributed by atoms with Crippen LogP contribution in [0.4, 0.5) is 0 Å². The predicted octanol–water partition coefficient (Wildman–Crippen LogP) is 3.47. The summed E-state index contributed by atoms with van der Waals surface area (Å²) in [6, 6.07) is 6.30. The minimum Gasteiger partial charge on any atom is -0.496 e. The van der Waals surface area contributed by atoms with E-state index in [2.05, 4.69) is 16.7 Å². The molecule has 3 N–H and O–H groups in total. The number of nitrogens with two attached hydrogens (primary N) is 1. The third-order valence-corrected chi connectivity index (χ3v) is 8.92. The standard InChI is InChI=1S/C28H31N3O6S/c1-36-22-12-11-16(15-7-4-3-5-8-15)26-19(22)13-21-23-17(9-6-10-18(23)28(33)37-2)24-20(14-31(21)26)25(24)27(32)30-38(29,34)35/h6,9,11-13,15,18,23H,3-5,7-8,10,14H2,1-2H3,(H,30,32)(H2,29,34,35)/t18-,23?/m1/s1. The zero-order valence-corrected chi connectivity index (χ0v) is 22.3. The Bertz CT molecular complexity index is 1570. The summed E-state index contributed by atoms with van der Waals surface area (Å²) in [6.07, 6.45) is 10.2. The van der Waals surface area contributed by atoms with Crippen LogP contribution < -0.4 is 14.6 Å². The molecule has 4 aliphatic rings. The lowest BCUT2D eigenvalue weighted by Crippen LogP contribution is -2.35. The largest absolute Gasteiger partial charge is 0.496 e. The van der Waals surface area contributed by atoms with Gasteiger partial charge in [-0.1, -0.05) is 37.5 Å². The number of esters is 1. The molecule has 3 aliphatic carbocycles. The molecule has 1 aliphatic heterocycles. The number of nitrogens with zero attached hydrogens (tertiary/aromatic N) is 1. The maximum atomic E-state index is 13.0. The van der Waals surface area contributed by atoms with Crippen LogP contribution in [0.2, 0.25) is 0 Å². The van der Waals surface area contributed by atoms with E-state index in [1.54, 1.807) is 7.11 Å². The number of nitrogens with one attached hydrogen (secondary N) is 1. The first-order valence-electron chi connectivity index (χ1n) is 13.0. The second-order valence-corrected chi connectivity index (χ2v) is 11.8. The SMILES string of the molecule is COC(=O)[C@@H]1CC=CC2=C3C(=C3C(=O)NS(N)(=O)=O)Cn3c(cc4c(OC)ccc(C5CCCCC5)c43)C21. The van der Waals surface area contributed by atoms with Gasteiger partial charge in [0.15, 0.2) is 0 Å². The van der Waals surface area contributed by atoms with Gasteiger partial charge in [0.25, 0.3) is 16.1 Å². The van der Waals surface area contributed by atoms with Crippen molar-refractivity contribution in [2.24, 2.45) is 11.1 Å². The third-order valence-electron chi connectivity index (χ3n) is 8.45. The van der Waals surface area contributed by atoms with E-state index in [1.807, 2.05) is 22.9 Å². The zero-order valence-electron chi connectivity index (χ0n) is 21.5. The molecule has 2 heterocycles. The lowest BCUT2D eigenvalue weighted by atomic mass is 9.76. The van der Waals surface area contributed by atoms with Gasteiger partial charge < -0.3 is 14.0 Å². The molecular weight excluding hydrogens is 506 g/mol. The van der Waals surface area contributed by atoms with E-state index >= 15 is 0 Å². The molecule has 1 aromatic carbocycles. The number of hydrogen-bond acceptors (Lipinski definition) is 6. The van der Waals surface area contributed by atoms with Gasteiger partial charge in [-0.25, -0.2) is 9.86 Å². The molecule has 0 bridgehead atoms. The number of methoxy groups -OCH3 is 2. The second-order valence-electron chi connectivity index (χ2n) is 10.5. The number of ether oxygens (including phenoxy) is 2. The Labute approximate surface area is 221 Å². The number of rotatable bonds is 5. The summed E-state index contributed by atoms with van der Waals surface area (Å²) in [5, 5.41) is 6.09. The van der Waals surface area contributed by atoms with Crippen LogP contribution >= 0.6 is 0 Å². The Kier molecular flexibility index (Phi) is 5.99. The number of amides is 1. The third kappa shape index (κ3) is 3.97. The first-order valence-corrected chi connectivity index (χ1v) is 14.6. The molecule has 1 aromatic heterocycles. The molecule has 10 heteroatoms. The van der Waals surface area contributed by atoms with E-state index in [4.69, 9.17) is 14.6 Å². The van der Waals surface area contributed by atoms with Gasteiger partial charge in [-0.2, -0.15) is 8.42 Å². The Hall–Kier alpha value is -3.37. The van der Waals surface area contributed by atoms with Crippen LogP contribution in [-0.4, -0.2) is 39.1 Å². The summed E-state index contributed by atoms with van der Waals surface area (Å²) in [6.45, 7) is 0.385. The quantitative estimate of drug-likeness (QED) is 0.562. The lowest BCUT2D eigenvalue weighted by molar-refractivity contribution is -0.146. The molecule has 0 spiro atoms. The van der Waals surface area contributed by atoms with Crippen molar-refractivity contribution in [1.82, 2.24) is 9.29 Å². The van der Waals surface area contributed by atoms with Gasteiger partial charge in [0.1, 0.15) is 5.75 Å². The number of carbonyl (C=O) groups excluding carboxylic acids is 2. The number of carbonyl (C=O) groups is 2. The number of hydrogen-bond donors (Lipinski definition) is 2. The lowest BCUT2D eigenvalue weighted by Gasteiger charge is -2.29. The zero-order chi connectivity index (χ0) is 26.8. The number of aromatic nitrogens is 1. The van der Waals surface area contributed by atoms with Crippen LogP contribution in [0.5, 0.6) is 5.75 Å². The molecule has 1 amide bonds. The first-order chi connectivity index (χ1) is 18.2. The van der Waals surface area contributed by atoms with E-state index < -0.39 is 22.0 Å². The molecule has 6 rings (SSSR count). The van der Waals surface area contributed by atoms with Crippen molar-refractivity contribution in [3.8, 4) is 5.75 Å². The van der Waals surface area contributed by atoms with Crippen molar-refractivity contribution in [2.45, 2.75) is 56.9 Å². The minimum absolute atomic E-state index is 0.323. The van der Waals surface area contributed by atoms with Crippen LogP contribution in [0.3, 0.4) is 0 Å². The van der Waals surface area contributed by atoms with Crippen molar-refractivity contribution in [3.63, 3.8) is 0 Å². The fraction of sp³-hybridized carbons (Fsp3) is 0.429. The van der Waals surface area contributed by atoms with Gasteiger partial charge >= 0.3 is 5.97 Å². The minimum atomic E-state index is -4.22. The van der Waals surface area contributed by atoms with Crippen LogP contribution in [0.1, 0.15) is 61.6 Å². The normalized spacial score (nSPS) is 22.9. The van der Waals surface area contributed by atoms with Gasteiger partial charge in [-0.15, -0.1) is 0 Å². The molecule has 2 aromatic rings. The topological polar surface area (TPSA) is 130 Å². The number of fused-ring (bicyclic) bond motifs is 6. The van der Waals surface area contributed by atoms with Crippen molar-refractivity contribution in [1.29, 1.82) is 0 Å². The first kappa shape index (κ1) is 24.9. The van der Waals surface area contributed by atoms with Gasteiger partial charge in [0.2, 0.25) is 0 Å². The smallest absolute Gasteiger partial charge is 0.309 e. The monoisotopic (exact) mass is 537 g/mol. The fourth-order valence-electron chi connectivity index (χ4n) is 6.83. The molecule has 9 nitrogen and oxygen atoms in total. The second kappa shape index (κ2) is 9.13. The van der Waals surface area contributed by atoms with Crippen LogP contribution in [0.15, 0.2) is 52.6 Å². The van der Waals surface area contributed by atoms with Crippen LogP contribution in [0, 0.1) is 5.92 Å². The fourth-order valence-corrected chi connectivity index (χ4v) is 7.19. The molecule has 200 valence electrons. The maximum Gasteiger partial charge on any atom is 0.309 e. The highest BCUT2D eigenvalue weighted by atomic mass is 32.2. The van der Waals surface area contributed by atoms with Gasteiger partial charge in [0.05, 0.1) is 31.2 Å². The summed E-state index contributed by atoms with van der Waals surface area (Å²) in [7, 11) is -1.19. The van der Waals surface area contributed by atoms with Crippen molar-refractivity contribution in [3.05, 3.63) is 63.9 Å². The Morgan fingerprint density at radius 1 is 1.13 bits per heavy atom. The highest BCUT2D eigenvalue weighted by molar-refractivity contribution is 7.87. The van der Waals surface area contributed by atoms with Crippen molar-refractivity contribution in [2.75, 3.05) is 14.2 Å². The Morgan fingerprint density at radius 3 is 2.58 bits per heavy atom. The van der Waals surface area contributed by atoms with Crippen LogP contribution in [-0.2, 0) is 31.1 Å². The molecule has 1 fully saturated rings. The van der Waals surface area contributed by atoms with E-state index in [9.17, 15) is 18.0 Å². The average Bonchev–Trinajstić information content (AvgIpc) is 3.53.